The third kappa shape index (κ3) is 2.94. The molecule has 0 aromatic carbocycles. The van der Waals surface area contributed by atoms with Gasteiger partial charge in [-0.05, 0) is 45.3 Å². The molecule has 2 aliphatic rings. The molecule has 1 unspecified atom stereocenters. The fourth-order valence-corrected chi connectivity index (χ4v) is 2.64. The van der Waals surface area contributed by atoms with Crippen LogP contribution in [0, 0.1) is 5.92 Å². The standard InChI is InChI=1S/C12H25N3O/c1-14-5-2-6-15(8-7-14)9-12(13,10-16)11-3-4-11/h11,16H,2-10,13H2,1H3. The summed E-state index contributed by atoms with van der Waals surface area (Å²) in [5.41, 5.74) is 5.97. The van der Waals surface area contributed by atoms with Gasteiger partial charge in [-0.15, -0.1) is 0 Å². The van der Waals surface area contributed by atoms with Gasteiger partial charge >= 0.3 is 0 Å². The quantitative estimate of drug-likeness (QED) is 0.694. The first-order chi connectivity index (χ1) is 7.64. The van der Waals surface area contributed by atoms with Crippen molar-refractivity contribution in [1.29, 1.82) is 0 Å². The van der Waals surface area contributed by atoms with E-state index < -0.39 is 0 Å². The first-order valence-electron chi connectivity index (χ1n) is 6.45. The van der Waals surface area contributed by atoms with Crippen LogP contribution < -0.4 is 5.73 Å². The lowest BCUT2D eigenvalue weighted by Gasteiger charge is -2.33. The van der Waals surface area contributed by atoms with Crippen molar-refractivity contribution in [2.45, 2.75) is 24.8 Å². The first-order valence-corrected chi connectivity index (χ1v) is 6.45. The minimum absolute atomic E-state index is 0.129. The van der Waals surface area contributed by atoms with Crippen LogP contribution in [-0.4, -0.2) is 66.8 Å². The lowest BCUT2D eigenvalue weighted by atomic mass is 9.95. The van der Waals surface area contributed by atoms with Crippen molar-refractivity contribution in [3.63, 3.8) is 0 Å². The molecule has 16 heavy (non-hydrogen) atoms. The zero-order chi connectivity index (χ0) is 11.6. The summed E-state index contributed by atoms with van der Waals surface area (Å²) in [5, 5.41) is 9.49. The molecule has 1 aliphatic heterocycles. The maximum absolute atomic E-state index is 9.49. The molecule has 1 saturated heterocycles. The number of nitrogens with two attached hydrogens (primary N) is 1. The van der Waals surface area contributed by atoms with Crippen molar-refractivity contribution in [2.24, 2.45) is 11.7 Å². The molecule has 4 heteroatoms. The molecule has 0 amide bonds. The average Bonchev–Trinajstić information content (AvgIpc) is 3.07. The second kappa shape index (κ2) is 5.00. The molecule has 1 atom stereocenters. The molecule has 0 aromatic rings. The van der Waals surface area contributed by atoms with Gasteiger partial charge in [0, 0.05) is 19.6 Å². The summed E-state index contributed by atoms with van der Waals surface area (Å²) >= 11 is 0. The molecule has 0 spiro atoms. The topological polar surface area (TPSA) is 52.7 Å². The summed E-state index contributed by atoms with van der Waals surface area (Å²) < 4.78 is 0. The Morgan fingerprint density at radius 1 is 1.25 bits per heavy atom. The average molecular weight is 227 g/mol. The van der Waals surface area contributed by atoms with E-state index in [-0.39, 0.29) is 12.1 Å². The first kappa shape index (κ1) is 12.3. The Morgan fingerprint density at radius 3 is 2.62 bits per heavy atom. The lowest BCUT2D eigenvalue weighted by Crippen LogP contribution is -2.55. The van der Waals surface area contributed by atoms with Gasteiger partial charge in [0.1, 0.15) is 0 Å². The number of aliphatic hydroxyl groups is 1. The second-order valence-electron chi connectivity index (χ2n) is 5.60. The van der Waals surface area contributed by atoms with E-state index >= 15 is 0 Å². The molecular formula is C12H25N3O. The van der Waals surface area contributed by atoms with E-state index in [0.717, 1.165) is 26.2 Å². The SMILES string of the molecule is CN1CCCN(CC(N)(CO)C2CC2)CC1. The Balaban J connectivity index is 1.87. The molecule has 94 valence electrons. The monoisotopic (exact) mass is 227 g/mol. The van der Waals surface area contributed by atoms with E-state index in [2.05, 4.69) is 16.8 Å². The van der Waals surface area contributed by atoms with E-state index in [1.807, 2.05) is 0 Å². The van der Waals surface area contributed by atoms with Gasteiger partial charge in [0.05, 0.1) is 12.1 Å². The van der Waals surface area contributed by atoms with Gasteiger partial charge in [0.25, 0.3) is 0 Å². The van der Waals surface area contributed by atoms with E-state index in [9.17, 15) is 5.11 Å². The smallest absolute Gasteiger partial charge is 0.0626 e. The minimum atomic E-state index is -0.344. The van der Waals surface area contributed by atoms with Crippen molar-refractivity contribution in [1.82, 2.24) is 9.80 Å². The van der Waals surface area contributed by atoms with Gasteiger partial charge in [0.15, 0.2) is 0 Å². The maximum Gasteiger partial charge on any atom is 0.0626 e. The van der Waals surface area contributed by atoms with Gasteiger partial charge in [0.2, 0.25) is 0 Å². The van der Waals surface area contributed by atoms with E-state index in [1.54, 1.807) is 0 Å². The normalized spacial score (nSPS) is 28.7. The molecule has 0 aromatic heterocycles. The predicted molar refractivity (Wildman–Crippen MR) is 65.3 cm³/mol. The Kier molecular flexibility index (Phi) is 3.85. The molecule has 4 nitrogen and oxygen atoms in total. The molecule has 3 N–H and O–H groups in total. The highest BCUT2D eigenvalue weighted by atomic mass is 16.3. The lowest BCUT2D eigenvalue weighted by molar-refractivity contribution is 0.122. The Labute approximate surface area is 98.4 Å². The number of rotatable bonds is 4. The summed E-state index contributed by atoms with van der Waals surface area (Å²) in [4.78, 5) is 4.80. The summed E-state index contributed by atoms with van der Waals surface area (Å²) in [6, 6.07) is 0. The van der Waals surface area contributed by atoms with Crippen molar-refractivity contribution in [3.8, 4) is 0 Å². The Hall–Kier alpha value is -0.160. The largest absolute Gasteiger partial charge is 0.394 e. The van der Waals surface area contributed by atoms with E-state index in [4.69, 9.17) is 5.73 Å². The molecular weight excluding hydrogens is 202 g/mol. The number of hydrogen-bond acceptors (Lipinski definition) is 4. The molecule has 2 rings (SSSR count). The van der Waals surface area contributed by atoms with Crippen LogP contribution in [0.15, 0.2) is 0 Å². The summed E-state index contributed by atoms with van der Waals surface area (Å²) in [6.45, 7) is 5.49. The number of nitrogens with zero attached hydrogens (tertiary/aromatic N) is 2. The van der Waals surface area contributed by atoms with Crippen LogP contribution in [0.1, 0.15) is 19.3 Å². The van der Waals surface area contributed by atoms with Crippen LogP contribution >= 0.6 is 0 Å². The van der Waals surface area contributed by atoms with Gasteiger partial charge in [-0.3, -0.25) is 0 Å². The predicted octanol–water partition coefficient (Wildman–Crippen LogP) is -0.276. The van der Waals surface area contributed by atoms with Crippen LogP contribution in [0.5, 0.6) is 0 Å². The zero-order valence-corrected chi connectivity index (χ0v) is 10.4. The highest BCUT2D eigenvalue weighted by Crippen LogP contribution is 2.38. The highest BCUT2D eigenvalue weighted by molar-refractivity contribution is 5.00. The van der Waals surface area contributed by atoms with E-state index in [0.29, 0.717) is 5.92 Å². The van der Waals surface area contributed by atoms with Gasteiger partial charge in [-0.2, -0.15) is 0 Å². The van der Waals surface area contributed by atoms with Gasteiger partial charge in [-0.1, -0.05) is 0 Å². The van der Waals surface area contributed by atoms with Crippen molar-refractivity contribution in [2.75, 3.05) is 46.4 Å². The van der Waals surface area contributed by atoms with E-state index in [1.165, 1.54) is 25.8 Å². The van der Waals surface area contributed by atoms with Crippen LogP contribution in [0.2, 0.25) is 0 Å². The van der Waals surface area contributed by atoms with Crippen LogP contribution in [0.4, 0.5) is 0 Å². The van der Waals surface area contributed by atoms with Crippen molar-refractivity contribution in [3.05, 3.63) is 0 Å². The Bertz CT molecular complexity index is 232. The molecule has 1 heterocycles. The third-order valence-corrected chi connectivity index (χ3v) is 4.01. The molecule has 1 saturated carbocycles. The molecule has 0 radical (unpaired) electrons. The number of aliphatic hydroxyl groups excluding tert-OH is 1. The van der Waals surface area contributed by atoms with Gasteiger partial charge < -0.3 is 20.6 Å². The minimum Gasteiger partial charge on any atom is -0.394 e. The number of hydrogen-bond donors (Lipinski definition) is 2. The van der Waals surface area contributed by atoms with Crippen LogP contribution in [0.25, 0.3) is 0 Å². The van der Waals surface area contributed by atoms with Crippen LogP contribution in [-0.2, 0) is 0 Å². The molecule has 0 bridgehead atoms. The van der Waals surface area contributed by atoms with Gasteiger partial charge in [-0.25, -0.2) is 0 Å². The fourth-order valence-electron chi connectivity index (χ4n) is 2.64. The van der Waals surface area contributed by atoms with Crippen LogP contribution in [0.3, 0.4) is 0 Å². The summed E-state index contributed by atoms with van der Waals surface area (Å²) in [6.07, 6.45) is 3.61. The third-order valence-electron chi connectivity index (χ3n) is 4.01. The molecule has 1 aliphatic carbocycles. The Morgan fingerprint density at radius 2 is 2.00 bits per heavy atom. The molecule has 2 fully saturated rings. The summed E-state index contributed by atoms with van der Waals surface area (Å²) in [7, 11) is 2.17. The highest BCUT2D eigenvalue weighted by Gasteiger charge is 2.42. The van der Waals surface area contributed by atoms with Crippen molar-refractivity contribution < 1.29 is 5.11 Å². The number of likely N-dealkylation sites (N-methyl/N-ethyl adjacent to an activating group) is 1. The fraction of sp³-hybridized carbons (Fsp3) is 1.00. The second-order valence-corrected chi connectivity index (χ2v) is 5.60. The summed E-state index contributed by atoms with van der Waals surface area (Å²) in [5.74, 6) is 0.554. The van der Waals surface area contributed by atoms with Crippen molar-refractivity contribution >= 4 is 0 Å². The zero-order valence-electron chi connectivity index (χ0n) is 10.4. The maximum atomic E-state index is 9.49.